The van der Waals surface area contributed by atoms with E-state index in [4.69, 9.17) is 4.74 Å². The first kappa shape index (κ1) is 12.6. The van der Waals surface area contributed by atoms with Crippen LogP contribution in [0.3, 0.4) is 0 Å². The Kier molecular flexibility index (Phi) is 3.58. The van der Waals surface area contributed by atoms with E-state index in [0.717, 1.165) is 17.5 Å². The summed E-state index contributed by atoms with van der Waals surface area (Å²) < 4.78 is 5.23. The summed E-state index contributed by atoms with van der Waals surface area (Å²) in [4.78, 5) is 11.0. The largest absolute Gasteiger partial charge is 0.494 e. The van der Waals surface area contributed by atoms with Gasteiger partial charge in [0, 0.05) is 7.05 Å². The summed E-state index contributed by atoms with van der Waals surface area (Å²) in [6.07, 6.45) is 0.828. The summed E-state index contributed by atoms with van der Waals surface area (Å²) in [7, 11) is 3.39. The molecule has 16 heavy (non-hydrogen) atoms. The second kappa shape index (κ2) is 4.56. The zero-order chi connectivity index (χ0) is 12.3. The van der Waals surface area contributed by atoms with Crippen LogP contribution in [0.1, 0.15) is 36.7 Å². The van der Waals surface area contributed by atoms with Crippen LogP contribution in [0.4, 0.5) is 5.69 Å². The molecule has 0 unspecified atom stereocenters. The minimum absolute atomic E-state index is 0.00955. The lowest BCUT2D eigenvalue weighted by Gasteiger charge is -2.22. The third kappa shape index (κ3) is 2.35. The van der Waals surface area contributed by atoms with E-state index < -0.39 is 0 Å². The van der Waals surface area contributed by atoms with Gasteiger partial charge in [0.25, 0.3) is 0 Å². The fraction of sp³-hybridized carbons (Fsp3) is 0.462. The Morgan fingerprint density at radius 2 is 1.94 bits per heavy atom. The third-order valence-corrected chi connectivity index (χ3v) is 2.58. The summed E-state index contributed by atoms with van der Waals surface area (Å²) in [5.74, 6) is 0.602. The van der Waals surface area contributed by atoms with Crippen molar-refractivity contribution in [3.8, 4) is 5.75 Å². The average Bonchev–Trinajstić information content (AvgIpc) is 2.25. The third-order valence-electron chi connectivity index (χ3n) is 2.58. The van der Waals surface area contributed by atoms with Gasteiger partial charge in [0.2, 0.25) is 0 Å². The summed E-state index contributed by atoms with van der Waals surface area (Å²) in [6, 6.07) is 3.90. The van der Waals surface area contributed by atoms with Crippen molar-refractivity contribution in [1.82, 2.24) is 0 Å². The van der Waals surface area contributed by atoms with E-state index in [-0.39, 0.29) is 5.41 Å². The highest BCUT2D eigenvalue weighted by atomic mass is 16.5. The number of carbonyl (C=O) groups excluding carboxylic acids is 1. The van der Waals surface area contributed by atoms with Crippen LogP contribution in [0, 0.1) is 0 Å². The van der Waals surface area contributed by atoms with Crippen LogP contribution >= 0.6 is 0 Å². The fourth-order valence-corrected chi connectivity index (χ4v) is 1.59. The number of ether oxygens (including phenoxy) is 1. The van der Waals surface area contributed by atoms with Crippen LogP contribution in [-0.4, -0.2) is 20.4 Å². The smallest absolute Gasteiger partial charge is 0.153 e. The molecule has 0 heterocycles. The van der Waals surface area contributed by atoms with Crippen molar-refractivity contribution in [3.63, 3.8) is 0 Å². The SMILES string of the molecule is CNc1cc(C(C)(C)C)cc(C=O)c1OC. The molecular formula is C13H19NO2. The van der Waals surface area contributed by atoms with Crippen molar-refractivity contribution in [1.29, 1.82) is 0 Å². The van der Waals surface area contributed by atoms with Crippen LogP contribution in [0.2, 0.25) is 0 Å². The van der Waals surface area contributed by atoms with Crippen molar-refractivity contribution < 1.29 is 9.53 Å². The lowest BCUT2D eigenvalue weighted by molar-refractivity contribution is 0.112. The van der Waals surface area contributed by atoms with Gasteiger partial charge in [-0.3, -0.25) is 4.79 Å². The highest BCUT2D eigenvalue weighted by Gasteiger charge is 2.18. The molecule has 0 aliphatic rings. The number of anilines is 1. The molecular weight excluding hydrogens is 202 g/mol. The molecule has 0 saturated heterocycles. The molecule has 3 heteroatoms. The summed E-state index contributed by atoms with van der Waals surface area (Å²) in [5, 5.41) is 3.05. The number of carbonyl (C=O) groups is 1. The van der Waals surface area contributed by atoms with E-state index in [1.165, 1.54) is 0 Å². The average molecular weight is 221 g/mol. The second-order valence-electron chi connectivity index (χ2n) is 4.76. The van der Waals surface area contributed by atoms with Gasteiger partial charge in [-0.2, -0.15) is 0 Å². The highest BCUT2D eigenvalue weighted by molar-refractivity contribution is 5.84. The zero-order valence-corrected chi connectivity index (χ0v) is 10.5. The molecule has 0 atom stereocenters. The molecule has 1 aromatic carbocycles. The number of rotatable bonds is 3. The van der Waals surface area contributed by atoms with Crippen LogP contribution in [0.15, 0.2) is 12.1 Å². The second-order valence-corrected chi connectivity index (χ2v) is 4.76. The Bertz CT molecular complexity index is 392. The molecule has 0 spiro atoms. The molecule has 1 N–H and O–H groups in total. The van der Waals surface area contributed by atoms with Crippen LogP contribution in [-0.2, 0) is 5.41 Å². The quantitative estimate of drug-likeness (QED) is 0.798. The maximum atomic E-state index is 11.0. The van der Waals surface area contributed by atoms with Crippen molar-refractivity contribution in [2.24, 2.45) is 0 Å². The number of benzene rings is 1. The molecule has 0 aromatic heterocycles. The first-order valence-electron chi connectivity index (χ1n) is 5.29. The zero-order valence-electron chi connectivity index (χ0n) is 10.5. The summed E-state index contributed by atoms with van der Waals surface area (Å²) in [6.45, 7) is 6.34. The normalized spacial score (nSPS) is 11.1. The van der Waals surface area contributed by atoms with Gasteiger partial charge in [0.15, 0.2) is 12.0 Å². The van der Waals surface area contributed by atoms with E-state index in [1.54, 1.807) is 7.11 Å². The number of hydrogen-bond acceptors (Lipinski definition) is 3. The minimum Gasteiger partial charge on any atom is -0.494 e. The lowest BCUT2D eigenvalue weighted by Crippen LogP contribution is -2.13. The molecule has 0 aliphatic heterocycles. The standard InChI is InChI=1S/C13H19NO2/c1-13(2,3)10-6-9(8-15)12(16-5)11(7-10)14-4/h6-8,14H,1-5H3. The maximum absolute atomic E-state index is 11.0. The van der Waals surface area contributed by atoms with E-state index in [0.29, 0.717) is 11.3 Å². The van der Waals surface area contributed by atoms with Crippen molar-refractivity contribution in [3.05, 3.63) is 23.3 Å². The summed E-state index contributed by atoms with van der Waals surface area (Å²) >= 11 is 0. The Morgan fingerprint density at radius 3 is 2.31 bits per heavy atom. The van der Waals surface area contributed by atoms with Gasteiger partial charge < -0.3 is 10.1 Å². The molecule has 1 rings (SSSR count). The van der Waals surface area contributed by atoms with Gasteiger partial charge in [0.05, 0.1) is 18.4 Å². The number of methoxy groups -OCH3 is 1. The first-order valence-corrected chi connectivity index (χ1v) is 5.29. The predicted octanol–water partition coefficient (Wildman–Crippen LogP) is 2.85. The van der Waals surface area contributed by atoms with Crippen LogP contribution in [0.25, 0.3) is 0 Å². The maximum Gasteiger partial charge on any atom is 0.153 e. The van der Waals surface area contributed by atoms with Crippen molar-refractivity contribution in [2.45, 2.75) is 26.2 Å². The molecule has 0 radical (unpaired) electrons. The Hall–Kier alpha value is -1.51. The molecule has 88 valence electrons. The molecule has 3 nitrogen and oxygen atoms in total. The molecule has 0 fully saturated rings. The van der Waals surface area contributed by atoms with Gasteiger partial charge in [-0.25, -0.2) is 0 Å². The van der Waals surface area contributed by atoms with E-state index >= 15 is 0 Å². The Morgan fingerprint density at radius 1 is 1.31 bits per heavy atom. The molecule has 0 saturated carbocycles. The molecule has 0 bridgehead atoms. The van der Waals surface area contributed by atoms with Gasteiger partial charge in [-0.15, -0.1) is 0 Å². The minimum atomic E-state index is 0.00955. The fourth-order valence-electron chi connectivity index (χ4n) is 1.59. The molecule has 0 amide bonds. The predicted molar refractivity (Wildman–Crippen MR) is 66.6 cm³/mol. The topological polar surface area (TPSA) is 38.3 Å². The molecule has 1 aromatic rings. The van der Waals surface area contributed by atoms with E-state index in [9.17, 15) is 4.79 Å². The van der Waals surface area contributed by atoms with Gasteiger partial charge in [-0.1, -0.05) is 20.8 Å². The Balaban J connectivity index is 3.43. The van der Waals surface area contributed by atoms with Crippen molar-refractivity contribution >= 4 is 12.0 Å². The van der Waals surface area contributed by atoms with Crippen LogP contribution in [0.5, 0.6) is 5.75 Å². The number of hydrogen-bond donors (Lipinski definition) is 1. The lowest BCUT2D eigenvalue weighted by atomic mass is 9.85. The number of nitrogens with one attached hydrogen (secondary N) is 1. The monoisotopic (exact) mass is 221 g/mol. The molecule has 0 aliphatic carbocycles. The van der Waals surface area contributed by atoms with Gasteiger partial charge in [-0.05, 0) is 23.1 Å². The Labute approximate surface area is 96.8 Å². The summed E-state index contributed by atoms with van der Waals surface area (Å²) in [5.41, 5.74) is 2.55. The number of aldehydes is 1. The van der Waals surface area contributed by atoms with E-state index in [2.05, 4.69) is 26.1 Å². The highest BCUT2D eigenvalue weighted by Crippen LogP contribution is 2.34. The van der Waals surface area contributed by atoms with Crippen LogP contribution < -0.4 is 10.1 Å². The van der Waals surface area contributed by atoms with Gasteiger partial charge in [0.1, 0.15) is 0 Å². The van der Waals surface area contributed by atoms with Crippen molar-refractivity contribution in [2.75, 3.05) is 19.5 Å². The van der Waals surface area contributed by atoms with E-state index in [1.807, 2.05) is 19.2 Å². The van der Waals surface area contributed by atoms with Gasteiger partial charge >= 0.3 is 0 Å². The first-order chi connectivity index (χ1) is 7.43.